The van der Waals surface area contributed by atoms with Gasteiger partial charge >= 0.3 is 6.03 Å². The van der Waals surface area contributed by atoms with E-state index >= 15 is 0 Å². The fraction of sp³-hybridized carbons (Fsp3) is 0.375. The van der Waals surface area contributed by atoms with E-state index in [0.29, 0.717) is 25.6 Å². The molecule has 1 aliphatic heterocycles. The van der Waals surface area contributed by atoms with Crippen LogP contribution in [0.4, 0.5) is 4.79 Å². The van der Waals surface area contributed by atoms with Crippen molar-refractivity contribution in [3.8, 4) is 0 Å². The van der Waals surface area contributed by atoms with Gasteiger partial charge in [0.15, 0.2) is 0 Å². The largest absolute Gasteiger partial charge is 0.334 e. The quantitative estimate of drug-likeness (QED) is 0.754. The molecule has 1 aliphatic rings. The first-order valence-corrected chi connectivity index (χ1v) is 9.62. The van der Waals surface area contributed by atoms with Crippen LogP contribution in [-0.2, 0) is 16.6 Å². The van der Waals surface area contributed by atoms with Gasteiger partial charge in [-0.05, 0) is 36.6 Å². The Labute approximate surface area is 146 Å². The highest BCUT2D eigenvalue weighted by Gasteiger charge is 2.24. The minimum absolute atomic E-state index is 0.0588. The second kappa shape index (κ2) is 7.24. The van der Waals surface area contributed by atoms with Crippen LogP contribution in [0.5, 0.6) is 0 Å². The molecule has 3 rings (SSSR count). The van der Waals surface area contributed by atoms with Crippen LogP contribution in [-0.4, -0.2) is 42.6 Å². The van der Waals surface area contributed by atoms with Gasteiger partial charge < -0.3 is 10.2 Å². The van der Waals surface area contributed by atoms with E-state index in [1.165, 1.54) is 12.1 Å². The lowest BCUT2D eigenvalue weighted by Crippen LogP contribution is -2.43. The fourth-order valence-electron chi connectivity index (χ4n) is 2.97. The second-order valence-electron chi connectivity index (χ2n) is 6.12. The highest BCUT2D eigenvalue weighted by atomic mass is 32.2. The van der Waals surface area contributed by atoms with Crippen molar-refractivity contribution >= 4 is 16.1 Å². The molecule has 1 aromatic heterocycles. The van der Waals surface area contributed by atoms with E-state index in [9.17, 15) is 13.2 Å². The number of rotatable bonds is 4. The lowest BCUT2D eigenvalue weighted by molar-refractivity contribution is 0.180. The Morgan fingerprint density at radius 3 is 2.48 bits per heavy atom. The number of urea groups is 1. The summed E-state index contributed by atoms with van der Waals surface area (Å²) in [6.07, 6.45) is 3.55. The molecule has 0 atom stereocenters. The number of aromatic amines is 1. The number of aromatic nitrogens is 2. The first kappa shape index (κ1) is 17.4. The van der Waals surface area contributed by atoms with Gasteiger partial charge in [-0.3, -0.25) is 5.10 Å². The fourth-order valence-corrected chi connectivity index (χ4v) is 3.49. The van der Waals surface area contributed by atoms with Gasteiger partial charge in [-0.15, -0.1) is 0 Å². The highest BCUT2D eigenvalue weighted by molar-refractivity contribution is 7.89. The van der Waals surface area contributed by atoms with E-state index < -0.39 is 10.0 Å². The lowest BCUT2D eigenvalue weighted by atomic mass is 9.94. The molecule has 25 heavy (non-hydrogen) atoms. The van der Waals surface area contributed by atoms with Crippen LogP contribution in [0.15, 0.2) is 41.4 Å². The number of primary sulfonamides is 1. The standard InChI is InChI=1S/C16H21N5O3S/c17-25(23,24)14-3-1-12(2-4-14)11-18-16(22)21-9-6-13(7-10-21)15-5-8-19-20-15/h1-5,8,13H,6-7,9-11H2,(H,18,22)(H,19,20)(H2,17,23,24). The van der Waals surface area contributed by atoms with Gasteiger partial charge in [0.2, 0.25) is 10.0 Å². The van der Waals surface area contributed by atoms with Crippen molar-refractivity contribution in [3.05, 3.63) is 47.8 Å². The maximum Gasteiger partial charge on any atom is 0.317 e. The van der Waals surface area contributed by atoms with Crippen LogP contribution >= 0.6 is 0 Å². The zero-order valence-corrected chi connectivity index (χ0v) is 14.5. The third-order valence-electron chi connectivity index (χ3n) is 4.44. The highest BCUT2D eigenvalue weighted by Crippen LogP contribution is 2.26. The molecule has 2 amide bonds. The molecule has 0 spiro atoms. The Hall–Kier alpha value is -2.39. The molecule has 4 N–H and O–H groups in total. The van der Waals surface area contributed by atoms with E-state index in [2.05, 4.69) is 15.5 Å². The molecule has 8 nitrogen and oxygen atoms in total. The number of hydrogen-bond acceptors (Lipinski definition) is 4. The number of sulfonamides is 1. The number of piperidine rings is 1. The topological polar surface area (TPSA) is 121 Å². The molecule has 0 aliphatic carbocycles. The van der Waals surface area contributed by atoms with Crippen molar-refractivity contribution in [2.75, 3.05) is 13.1 Å². The number of hydrogen-bond donors (Lipinski definition) is 3. The van der Waals surface area contributed by atoms with Crippen LogP contribution in [0.3, 0.4) is 0 Å². The number of nitrogens with two attached hydrogens (primary N) is 1. The summed E-state index contributed by atoms with van der Waals surface area (Å²) in [4.78, 5) is 14.1. The summed E-state index contributed by atoms with van der Waals surface area (Å²) in [6, 6.07) is 8.03. The third-order valence-corrected chi connectivity index (χ3v) is 5.37. The Morgan fingerprint density at radius 1 is 1.24 bits per heavy atom. The number of amides is 2. The second-order valence-corrected chi connectivity index (χ2v) is 7.68. The summed E-state index contributed by atoms with van der Waals surface area (Å²) >= 11 is 0. The summed E-state index contributed by atoms with van der Waals surface area (Å²) < 4.78 is 22.4. The Balaban J connectivity index is 1.48. The van der Waals surface area contributed by atoms with E-state index in [-0.39, 0.29) is 10.9 Å². The summed E-state index contributed by atoms with van der Waals surface area (Å²) in [5, 5.41) is 14.9. The first-order valence-electron chi connectivity index (χ1n) is 8.07. The Morgan fingerprint density at radius 2 is 1.92 bits per heavy atom. The van der Waals surface area contributed by atoms with Gasteiger partial charge in [-0.25, -0.2) is 18.4 Å². The van der Waals surface area contributed by atoms with E-state index in [0.717, 1.165) is 24.1 Å². The number of benzene rings is 1. The van der Waals surface area contributed by atoms with Gasteiger partial charge in [0, 0.05) is 37.4 Å². The smallest absolute Gasteiger partial charge is 0.317 e. The maximum atomic E-state index is 12.3. The molecule has 2 heterocycles. The summed E-state index contributed by atoms with van der Waals surface area (Å²) in [5.41, 5.74) is 1.93. The summed E-state index contributed by atoms with van der Waals surface area (Å²) in [5.74, 6) is 0.414. The molecular weight excluding hydrogens is 342 g/mol. The summed E-state index contributed by atoms with van der Waals surface area (Å²) in [6.45, 7) is 1.73. The van der Waals surface area contributed by atoms with Gasteiger partial charge in [0.25, 0.3) is 0 Å². The minimum atomic E-state index is -3.69. The van der Waals surface area contributed by atoms with Gasteiger partial charge in [-0.2, -0.15) is 5.10 Å². The van der Waals surface area contributed by atoms with Crippen molar-refractivity contribution in [1.82, 2.24) is 20.4 Å². The number of likely N-dealkylation sites (tertiary alicyclic amines) is 1. The number of carbonyl (C=O) groups excluding carboxylic acids is 1. The number of nitrogens with zero attached hydrogens (tertiary/aromatic N) is 2. The Kier molecular flexibility index (Phi) is 5.05. The molecule has 1 aromatic carbocycles. The monoisotopic (exact) mass is 363 g/mol. The molecule has 1 saturated heterocycles. The van der Waals surface area contributed by atoms with Gasteiger partial charge in [0.1, 0.15) is 0 Å². The summed E-state index contributed by atoms with van der Waals surface area (Å²) in [7, 11) is -3.69. The van der Waals surface area contributed by atoms with Crippen LogP contribution in [0.2, 0.25) is 0 Å². The average Bonchev–Trinajstić information content (AvgIpc) is 3.14. The lowest BCUT2D eigenvalue weighted by Gasteiger charge is -2.31. The molecule has 2 aromatic rings. The molecule has 0 saturated carbocycles. The molecule has 134 valence electrons. The number of H-pyrrole nitrogens is 1. The van der Waals surface area contributed by atoms with Crippen molar-refractivity contribution in [2.45, 2.75) is 30.2 Å². The Bertz CT molecular complexity index is 810. The molecule has 1 fully saturated rings. The van der Waals surface area contributed by atoms with Crippen LogP contribution < -0.4 is 10.5 Å². The maximum absolute atomic E-state index is 12.3. The van der Waals surface area contributed by atoms with Crippen LogP contribution in [0, 0.1) is 0 Å². The molecule has 9 heteroatoms. The van der Waals surface area contributed by atoms with E-state index in [1.807, 2.05) is 6.07 Å². The van der Waals surface area contributed by atoms with Gasteiger partial charge in [-0.1, -0.05) is 12.1 Å². The third kappa shape index (κ3) is 4.37. The van der Waals surface area contributed by atoms with Crippen molar-refractivity contribution in [2.24, 2.45) is 5.14 Å². The minimum Gasteiger partial charge on any atom is -0.334 e. The van der Waals surface area contributed by atoms with Crippen LogP contribution in [0.1, 0.15) is 30.0 Å². The number of nitrogens with one attached hydrogen (secondary N) is 2. The predicted octanol–water partition coefficient (Wildman–Crippen LogP) is 1.15. The SMILES string of the molecule is NS(=O)(=O)c1ccc(CNC(=O)N2CCC(c3ccn[nH]3)CC2)cc1. The van der Waals surface area contributed by atoms with Crippen molar-refractivity contribution in [3.63, 3.8) is 0 Å². The zero-order valence-electron chi connectivity index (χ0n) is 13.7. The van der Waals surface area contributed by atoms with E-state index in [1.54, 1.807) is 23.2 Å². The predicted molar refractivity (Wildman–Crippen MR) is 92.2 cm³/mol. The van der Waals surface area contributed by atoms with E-state index in [4.69, 9.17) is 5.14 Å². The zero-order chi connectivity index (χ0) is 17.9. The molecule has 0 unspecified atom stereocenters. The van der Waals surface area contributed by atoms with Crippen molar-refractivity contribution < 1.29 is 13.2 Å². The van der Waals surface area contributed by atoms with Crippen molar-refractivity contribution in [1.29, 1.82) is 0 Å². The number of carbonyl (C=O) groups is 1. The molecular formula is C16H21N5O3S. The molecule has 0 radical (unpaired) electrons. The normalized spacial score (nSPS) is 16.0. The first-order chi connectivity index (χ1) is 11.9. The average molecular weight is 363 g/mol. The van der Waals surface area contributed by atoms with Gasteiger partial charge in [0.05, 0.1) is 4.90 Å². The van der Waals surface area contributed by atoms with Crippen LogP contribution in [0.25, 0.3) is 0 Å². The molecule has 0 bridgehead atoms.